The van der Waals surface area contributed by atoms with Crippen LogP contribution in [0.1, 0.15) is 42.2 Å². The van der Waals surface area contributed by atoms with Crippen LogP contribution in [0.3, 0.4) is 0 Å². The Balaban J connectivity index is 1.48. The first-order valence-corrected chi connectivity index (χ1v) is 12.0. The maximum atomic E-state index is 13.0. The Morgan fingerprint density at radius 3 is 2.69 bits per heavy atom. The number of thiophene rings is 1. The first-order valence-electron chi connectivity index (χ1n) is 11.2. The number of nitrogens with zero attached hydrogens (tertiary/aromatic N) is 1. The number of aryl methyl sites for hydroxylation is 2. The normalized spacial score (nSPS) is 13.5. The van der Waals surface area contributed by atoms with E-state index in [0.717, 1.165) is 40.6 Å². The fourth-order valence-electron chi connectivity index (χ4n) is 4.26. The summed E-state index contributed by atoms with van der Waals surface area (Å²) in [6.45, 7) is 2.92. The average Bonchev–Trinajstić information content (AvgIpc) is 3.01. The highest BCUT2D eigenvalue weighted by atomic mass is 32.1. The molecule has 0 radical (unpaired) electrons. The Kier molecular flexibility index (Phi) is 5.95. The summed E-state index contributed by atoms with van der Waals surface area (Å²) in [4.78, 5) is 23.0. The van der Waals surface area contributed by atoms with Crippen molar-refractivity contribution in [2.45, 2.75) is 45.6 Å². The van der Waals surface area contributed by atoms with Gasteiger partial charge in [0.2, 0.25) is 0 Å². The van der Waals surface area contributed by atoms with E-state index in [9.17, 15) is 4.79 Å². The van der Waals surface area contributed by atoms with Gasteiger partial charge >= 0.3 is 0 Å². The fraction of sp³-hybridized carbons (Fsp3) is 0.308. The van der Waals surface area contributed by atoms with Crippen molar-refractivity contribution in [1.29, 1.82) is 0 Å². The monoisotopic (exact) mass is 446 g/mol. The number of aromatic nitrogens is 2. The van der Waals surface area contributed by atoms with Crippen molar-refractivity contribution in [3.05, 3.63) is 74.9 Å². The SMILES string of the molecule is CCOc1cc(-c2nc3sc4c(c3c(=O)[nH]2)CCCCC4)ccc1OCc1ccccc1. The molecule has 5 rings (SSSR count). The standard InChI is InChI=1S/C26H26N2O3S/c1-2-30-21-15-18(13-14-20(21)31-16-17-9-5-3-6-10-17)24-27-25(29)23-19-11-7-4-8-12-22(19)32-26(23)28-24/h3,5-6,9-10,13-15H,2,4,7-8,11-12,16H2,1H3,(H,27,28,29). The number of fused-ring (bicyclic) bond motifs is 3. The van der Waals surface area contributed by atoms with Gasteiger partial charge < -0.3 is 14.5 Å². The molecule has 0 bridgehead atoms. The molecule has 0 aliphatic heterocycles. The summed E-state index contributed by atoms with van der Waals surface area (Å²) in [5, 5.41) is 0.781. The predicted molar refractivity (Wildman–Crippen MR) is 129 cm³/mol. The Labute approximate surface area is 191 Å². The molecule has 32 heavy (non-hydrogen) atoms. The van der Waals surface area contributed by atoms with Crippen LogP contribution in [0.4, 0.5) is 0 Å². The minimum atomic E-state index is -0.0493. The molecule has 0 spiro atoms. The van der Waals surface area contributed by atoms with Gasteiger partial charge in [0.1, 0.15) is 17.3 Å². The molecule has 5 nitrogen and oxygen atoms in total. The van der Waals surface area contributed by atoms with E-state index >= 15 is 0 Å². The zero-order valence-corrected chi connectivity index (χ0v) is 19.0. The number of ether oxygens (including phenoxy) is 2. The second kappa shape index (κ2) is 9.17. The lowest BCUT2D eigenvalue weighted by atomic mass is 10.1. The van der Waals surface area contributed by atoms with Crippen molar-refractivity contribution in [2.75, 3.05) is 6.61 Å². The van der Waals surface area contributed by atoms with E-state index in [2.05, 4.69) is 4.98 Å². The van der Waals surface area contributed by atoms with Crippen LogP contribution in [0, 0.1) is 0 Å². The first-order chi connectivity index (χ1) is 15.7. The van der Waals surface area contributed by atoms with Gasteiger partial charge in [-0.3, -0.25) is 4.79 Å². The quantitative estimate of drug-likeness (QED) is 0.375. The molecule has 1 aliphatic rings. The zero-order valence-electron chi connectivity index (χ0n) is 18.1. The smallest absolute Gasteiger partial charge is 0.260 e. The number of H-pyrrole nitrogens is 1. The maximum absolute atomic E-state index is 13.0. The largest absolute Gasteiger partial charge is 0.490 e. The number of hydrogen-bond acceptors (Lipinski definition) is 5. The molecule has 2 aromatic carbocycles. The van der Waals surface area contributed by atoms with Crippen LogP contribution in [0.15, 0.2) is 53.3 Å². The molecular formula is C26H26N2O3S. The summed E-state index contributed by atoms with van der Waals surface area (Å²) in [7, 11) is 0. The molecule has 0 amide bonds. The Bertz CT molecular complexity index is 1290. The van der Waals surface area contributed by atoms with E-state index in [0.29, 0.717) is 30.5 Å². The molecule has 0 atom stereocenters. The van der Waals surface area contributed by atoms with Crippen molar-refractivity contribution in [3.8, 4) is 22.9 Å². The van der Waals surface area contributed by atoms with Crippen LogP contribution in [-0.2, 0) is 19.4 Å². The third-order valence-electron chi connectivity index (χ3n) is 5.83. The van der Waals surface area contributed by atoms with Crippen LogP contribution in [0.2, 0.25) is 0 Å². The number of hydrogen-bond donors (Lipinski definition) is 1. The van der Waals surface area contributed by atoms with Crippen LogP contribution in [-0.4, -0.2) is 16.6 Å². The zero-order chi connectivity index (χ0) is 21.9. The van der Waals surface area contributed by atoms with Gasteiger partial charge in [0.15, 0.2) is 11.5 Å². The summed E-state index contributed by atoms with van der Waals surface area (Å²) in [6.07, 6.45) is 5.58. The lowest BCUT2D eigenvalue weighted by molar-refractivity contribution is 0.269. The lowest BCUT2D eigenvalue weighted by Gasteiger charge is -2.13. The van der Waals surface area contributed by atoms with Gasteiger partial charge in [-0.05, 0) is 61.9 Å². The van der Waals surface area contributed by atoms with Crippen molar-refractivity contribution in [1.82, 2.24) is 9.97 Å². The molecule has 1 aliphatic carbocycles. The average molecular weight is 447 g/mol. The first kappa shape index (κ1) is 20.8. The number of nitrogens with one attached hydrogen (secondary N) is 1. The third-order valence-corrected chi connectivity index (χ3v) is 7.01. The van der Waals surface area contributed by atoms with E-state index in [1.54, 1.807) is 11.3 Å². The molecule has 0 saturated heterocycles. The second-order valence-electron chi connectivity index (χ2n) is 8.03. The summed E-state index contributed by atoms with van der Waals surface area (Å²) in [5.41, 5.74) is 3.06. The number of rotatable bonds is 6. The Morgan fingerprint density at radius 2 is 1.84 bits per heavy atom. The summed E-state index contributed by atoms with van der Waals surface area (Å²) in [6, 6.07) is 15.7. The van der Waals surface area contributed by atoms with Gasteiger partial charge in [-0.15, -0.1) is 11.3 Å². The van der Waals surface area contributed by atoms with E-state index < -0.39 is 0 Å². The molecular weight excluding hydrogens is 420 g/mol. The van der Waals surface area contributed by atoms with Crippen LogP contribution >= 0.6 is 11.3 Å². The molecule has 164 valence electrons. The van der Waals surface area contributed by atoms with E-state index in [1.165, 1.54) is 23.3 Å². The minimum Gasteiger partial charge on any atom is -0.490 e. The number of aromatic amines is 1. The van der Waals surface area contributed by atoms with E-state index in [1.807, 2.05) is 55.5 Å². The molecule has 4 aromatic rings. The van der Waals surface area contributed by atoms with Crippen molar-refractivity contribution >= 4 is 21.6 Å². The fourth-order valence-corrected chi connectivity index (χ4v) is 5.52. The minimum absolute atomic E-state index is 0.0493. The van der Waals surface area contributed by atoms with Gasteiger partial charge in [0.25, 0.3) is 5.56 Å². The summed E-state index contributed by atoms with van der Waals surface area (Å²) in [5.74, 6) is 1.88. The molecule has 1 N–H and O–H groups in total. The van der Waals surface area contributed by atoms with Crippen molar-refractivity contribution < 1.29 is 9.47 Å². The highest BCUT2D eigenvalue weighted by Gasteiger charge is 2.19. The van der Waals surface area contributed by atoms with Gasteiger partial charge in [-0.1, -0.05) is 36.8 Å². The highest BCUT2D eigenvalue weighted by molar-refractivity contribution is 7.18. The van der Waals surface area contributed by atoms with E-state index in [-0.39, 0.29) is 5.56 Å². The molecule has 6 heteroatoms. The van der Waals surface area contributed by atoms with Crippen LogP contribution in [0.25, 0.3) is 21.6 Å². The van der Waals surface area contributed by atoms with Gasteiger partial charge in [0.05, 0.1) is 12.0 Å². The van der Waals surface area contributed by atoms with Crippen molar-refractivity contribution in [3.63, 3.8) is 0 Å². The summed E-state index contributed by atoms with van der Waals surface area (Å²) >= 11 is 1.67. The summed E-state index contributed by atoms with van der Waals surface area (Å²) < 4.78 is 11.9. The highest BCUT2D eigenvalue weighted by Crippen LogP contribution is 2.35. The molecule has 0 saturated carbocycles. The van der Waals surface area contributed by atoms with Gasteiger partial charge in [0, 0.05) is 10.4 Å². The van der Waals surface area contributed by atoms with Gasteiger partial charge in [-0.2, -0.15) is 0 Å². The van der Waals surface area contributed by atoms with Crippen LogP contribution in [0.5, 0.6) is 11.5 Å². The Morgan fingerprint density at radius 1 is 1.00 bits per heavy atom. The second-order valence-corrected chi connectivity index (χ2v) is 9.11. The molecule has 0 unspecified atom stereocenters. The molecule has 0 fully saturated rings. The molecule has 2 heterocycles. The topological polar surface area (TPSA) is 64.2 Å². The van der Waals surface area contributed by atoms with Crippen molar-refractivity contribution in [2.24, 2.45) is 0 Å². The Hall–Kier alpha value is -3.12. The van der Waals surface area contributed by atoms with Gasteiger partial charge in [-0.25, -0.2) is 4.98 Å². The van der Waals surface area contributed by atoms with Crippen LogP contribution < -0.4 is 15.0 Å². The predicted octanol–water partition coefficient (Wildman–Crippen LogP) is 5.90. The lowest BCUT2D eigenvalue weighted by Crippen LogP contribution is -2.10. The third kappa shape index (κ3) is 4.15. The number of benzene rings is 2. The maximum Gasteiger partial charge on any atom is 0.260 e. The van der Waals surface area contributed by atoms with E-state index in [4.69, 9.17) is 14.5 Å². The molecule has 2 aromatic heterocycles.